The molecule has 0 aliphatic heterocycles. The van der Waals surface area contributed by atoms with Crippen LogP contribution in [0.1, 0.15) is 48.9 Å². The van der Waals surface area contributed by atoms with Gasteiger partial charge in [0.15, 0.2) is 11.5 Å². The average Bonchev–Trinajstić information content (AvgIpc) is 3.33. The van der Waals surface area contributed by atoms with Crippen molar-refractivity contribution >= 4 is 17.6 Å². The number of nitrogens with one attached hydrogen (secondary N) is 1. The van der Waals surface area contributed by atoms with Crippen LogP contribution in [-0.2, 0) is 15.1 Å². The summed E-state index contributed by atoms with van der Waals surface area (Å²) in [6, 6.07) is 3.16. The summed E-state index contributed by atoms with van der Waals surface area (Å²) < 4.78 is 17.6. The Kier molecular flexibility index (Phi) is 4.87. The summed E-state index contributed by atoms with van der Waals surface area (Å²) in [4.78, 5) is 30.4. The summed E-state index contributed by atoms with van der Waals surface area (Å²) in [6.07, 6.45) is 9.01. The minimum atomic E-state index is -0.550. The number of methoxy groups -OCH3 is 3. The number of anilines is 1. The predicted molar refractivity (Wildman–Crippen MR) is 115 cm³/mol. The molecule has 2 atom stereocenters. The summed E-state index contributed by atoms with van der Waals surface area (Å²) >= 11 is 0. The molecule has 170 valence electrons. The van der Waals surface area contributed by atoms with E-state index in [2.05, 4.69) is 15.4 Å². The van der Waals surface area contributed by atoms with Gasteiger partial charge in [-0.1, -0.05) is 0 Å². The Labute approximate surface area is 186 Å². The number of ether oxygens (including phenoxy) is 3. The molecule has 1 heterocycles. The zero-order chi connectivity index (χ0) is 22.5. The number of esters is 1. The van der Waals surface area contributed by atoms with E-state index in [1.54, 1.807) is 18.7 Å². The number of hydrogen-bond acceptors (Lipinski definition) is 7. The Morgan fingerprint density at radius 3 is 2.34 bits per heavy atom. The first kappa shape index (κ1) is 20.8. The number of carbonyl (C=O) groups is 2. The lowest BCUT2D eigenvalue weighted by Crippen LogP contribution is -2.60. The van der Waals surface area contributed by atoms with Crippen molar-refractivity contribution in [3.63, 3.8) is 0 Å². The minimum Gasteiger partial charge on any atom is -0.493 e. The molecular formula is C23H28N4O5. The van der Waals surface area contributed by atoms with Gasteiger partial charge in [-0.05, 0) is 50.4 Å². The number of hydrogen-bond donors (Lipinski definition) is 1. The molecule has 4 saturated carbocycles. The van der Waals surface area contributed by atoms with Crippen LogP contribution in [0.5, 0.6) is 11.5 Å². The molecule has 1 aromatic heterocycles. The number of aromatic nitrogens is 3. The van der Waals surface area contributed by atoms with Gasteiger partial charge >= 0.3 is 5.97 Å². The van der Waals surface area contributed by atoms with Gasteiger partial charge in [0.05, 0.1) is 43.5 Å². The summed E-state index contributed by atoms with van der Waals surface area (Å²) in [5.41, 5.74) is -0.0728. The smallest absolute Gasteiger partial charge is 0.340 e. The van der Waals surface area contributed by atoms with E-state index in [-0.39, 0.29) is 17.0 Å². The molecule has 1 amide bonds. The van der Waals surface area contributed by atoms with Gasteiger partial charge in [0.2, 0.25) is 5.91 Å². The molecule has 4 bridgehead atoms. The lowest BCUT2D eigenvalue weighted by atomic mass is 9.46. The van der Waals surface area contributed by atoms with E-state index >= 15 is 0 Å². The van der Waals surface area contributed by atoms with Crippen molar-refractivity contribution < 1.29 is 23.8 Å². The molecule has 4 aliphatic carbocycles. The van der Waals surface area contributed by atoms with E-state index in [4.69, 9.17) is 14.2 Å². The SMILES string of the molecule is COC(=O)c1cc(OC)c(OC)cc1NC(=O)C12C[C@@H]3C[C@@H](C1)CC(n1cncn1)(C3)C2. The number of amides is 1. The van der Waals surface area contributed by atoms with Crippen molar-refractivity contribution in [1.82, 2.24) is 14.8 Å². The maximum Gasteiger partial charge on any atom is 0.340 e. The van der Waals surface area contributed by atoms with Crippen molar-refractivity contribution in [1.29, 1.82) is 0 Å². The second-order valence-electron chi connectivity index (χ2n) is 9.50. The topological polar surface area (TPSA) is 105 Å². The van der Waals surface area contributed by atoms with Crippen LogP contribution < -0.4 is 14.8 Å². The van der Waals surface area contributed by atoms with Gasteiger partial charge in [-0.15, -0.1) is 0 Å². The van der Waals surface area contributed by atoms with Crippen molar-refractivity contribution in [3.8, 4) is 11.5 Å². The van der Waals surface area contributed by atoms with Crippen molar-refractivity contribution in [3.05, 3.63) is 30.4 Å². The van der Waals surface area contributed by atoms with Crippen LogP contribution in [0, 0.1) is 17.3 Å². The molecule has 6 rings (SSSR count). The summed E-state index contributed by atoms with van der Waals surface area (Å²) in [6.45, 7) is 0. The van der Waals surface area contributed by atoms with Crippen LogP contribution in [0.2, 0.25) is 0 Å². The Hall–Kier alpha value is -3.10. The largest absolute Gasteiger partial charge is 0.493 e. The predicted octanol–water partition coefficient (Wildman–Crippen LogP) is 3.02. The lowest BCUT2D eigenvalue weighted by molar-refractivity contribution is -0.150. The third-order valence-electron chi connectivity index (χ3n) is 7.59. The first-order chi connectivity index (χ1) is 15.4. The summed E-state index contributed by atoms with van der Waals surface area (Å²) in [5, 5.41) is 7.50. The second-order valence-corrected chi connectivity index (χ2v) is 9.50. The number of benzene rings is 1. The van der Waals surface area contributed by atoms with Gasteiger partial charge in [-0.25, -0.2) is 14.5 Å². The van der Waals surface area contributed by atoms with E-state index in [1.165, 1.54) is 27.4 Å². The van der Waals surface area contributed by atoms with Crippen LogP contribution in [0.3, 0.4) is 0 Å². The molecule has 0 unspecified atom stereocenters. The third-order valence-corrected chi connectivity index (χ3v) is 7.59. The van der Waals surface area contributed by atoms with Gasteiger partial charge in [-0.2, -0.15) is 5.10 Å². The maximum atomic E-state index is 13.8. The fourth-order valence-electron chi connectivity index (χ4n) is 6.72. The standard InChI is InChI=1S/C23H28N4O5/c1-30-18-5-16(20(28)32-3)17(6-19(18)31-2)26-21(29)22-7-14-4-15(8-22)10-23(9-14,11-22)27-13-24-12-25-27/h5-6,12-15H,4,7-11H2,1-3H3,(H,26,29)/t14-,15-,22?,23?/m0/s1. The molecule has 32 heavy (non-hydrogen) atoms. The van der Waals surface area contributed by atoms with E-state index in [9.17, 15) is 9.59 Å². The van der Waals surface area contributed by atoms with E-state index in [1.807, 2.05) is 4.68 Å². The maximum absolute atomic E-state index is 13.8. The highest BCUT2D eigenvalue weighted by molar-refractivity contribution is 6.04. The monoisotopic (exact) mass is 440 g/mol. The van der Waals surface area contributed by atoms with Crippen LogP contribution in [-0.4, -0.2) is 48.0 Å². The highest BCUT2D eigenvalue weighted by Crippen LogP contribution is 2.64. The van der Waals surface area contributed by atoms with Crippen LogP contribution in [0.25, 0.3) is 0 Å². The second kappa shape index (κ2) is 7.50. The molecule has 9 nitrogen and oxygen atoms in total. The Morgan fingerprint density at radius 2 is 1.75 bits per heavy atom. The van der Waals surface area contributed by atoms with Crippen molar-refractivity contribution in [2.24, 2.45) is 17.3 Å². The Balaban J connectivity index is 1.50. The van der Waals surface area contributed by atoms with Gasteiger partial charge < -0.3 is 19.5 Å². The molecule has 1 N–H and O–H groups in total. The number of nitrogens with zero attached hydrogens (tertiary/aromatic N) is 3. The van der Waals surface area contributed by atoms with Gasteiger partial charge in [-0.3, -0.25) is 4.79 Å². The highest BCUT2D eigenvalue weighted by atomic mass is 16.5. The molecular weight excluding hydrogens is 412 g/mol. The molecule has 0 saturated heterocycles. The molecule has 4 aliphatic rings. The van der Waals surface area contributed by atoms with Crippen LogP contribution in [0.15, 0.2) is 24.8 Å². The third kappa shape index (κ3) is 3.13. The summed E-state index contributed by atoms with van der Waals surface area (Å²) in [7, 11) is 4.32. The first-order valence-electron chi connectivity index (χ1n) is 10.9. The van der Waals surface area contributed by atoms with E-state index < -0.39 is 11.4 Å². The number of carbonyl (C=O) groups excluding carboxylic acids is 2. The quantitative estimate of drug-likeness (QED) is 0.689. The first-order valence-corrected chi connectivity index (χ1v) is 10.9. The number of rotatable bonds is 6. The molecule has 2 aromatic rings. The molecule has 0 radical (unpaired) electrons. The minimum absolute atomic E-state index is 0.0616. The summed E-state index contributed by atoms with van der Waals surface area (Å²) in [5.74, 6) is 1.18. The van der Waals surface area contributed by atoms with Gasteiger partial charge in [0.25, 0.3) is 0 Å². The van der Waals surface area contributed by atoms with E-state index in [0.717, 1.165) is 38.5 Å². The van der Waals surface area contributed by atoms with Gasteiger partial charge in [0.1, 0.15) is 12.7 Å². The molecule has 1 aromatic carbocycles. The molecule has 9 heteroatoms. The van der Waals surface area contributed by atoms with Crippen molar-refractivity contribution in [2.75, 3.05) is 26.6 Å². The molecule has 0 spiro atoms. The van der Waals surface area contributed by atoms with Crippen molar-refractivity contribution in [2.45, 2.75) is 44.1 Å². The fraction of sp³-hybridized carbons (Fsp3) is 0.565. The van der Waals surface area contributed by atoms with Crippen LogP contribution in [0.4, 0.5) is 5.69 Å². The Morgan fingerprint density at radius 1 is 1.06 bits per heavy atom. The average molecular weight is 441 g/mol. The van der Waals surface area contributed by atoms with Crippen LogP contribution >= 0.6 is 0 Å². The normalized spacial score (nSPS) is 30.1. The highest BCUT2D eigenvalue weighted by Gasteiger charge is 2.61. The zero-order valence-electron chi connectivity index (χ0n) is 18.6. The van der Waals surface area contributed by atoms with E-state index in [0.29, 0.717) is 29.0 Å². The fourth-order valence-corrected chi connectivity index (χ4v) is 6.72. The Bertz CT molecular complexity index is 1040. The lowest BCUT2D eigenvalue weighted by Gasteiger charge is -2.60. The molecule has 4 fully saturated rings. The van der Waals surface area contributed by atoms with Gasteiger partial charge in [0, 0.05) is 12.1 Å². The zero-order valence-corrected chi connectivity index (χ0v) is 18.6.